The second-order valence-corrected chi connectivity index (χ2v) is 14.5. The van der Waals surface area contributed by atoms with Crippen molar-refractivity contribution in [2.75, 3.05) is 19.6 Å². The highest BCUT2D eigenvalue weighted by Gasteiger charge is 2.23. The van der Waals surface area contributed by atoms with Crippen LogP contribution in [0.1, 0.15) is 226 Å². The van der Waals surface area contributed by atoms with Gasteiger partial charge in [-0.25, -0.2) is 0 Å². The van der Waals surface area contributed by atoms with Crippen molar-refractivity contribution >= 4 is 11.6 Å². The molecule has 0 aromatic rings. The van der Waals surface area contributed by atoms with Crippen LogP contribution in [-0.4, -0.2) is 47.4 Å². The summed E-state index contributed by atoms with van der Waals surface area (Å²) in [5.74, 6) is 1.09. The number of aliphatic hydroxyl groups excluding tert-OH is 1. The number of carbonyl (C=O) groups excluding carboxylic acids is 1. The molecule has 0 aromatic carbocycles. The molecule has 1 heterocycles. The molecule has 266 valence electrons. The lowest BCUT2D eigenvalue weighted by Gasteiger charge is -2.21. The summed E-state index contributed by atoms with van der Waals surface area (Å²) >= 11 is 0. The van der Waals surface area contributed by atoms with Gasteiger partial charge in [0.1, 0.15) is 6.10 Å². The number of rotatable bonds is 36. The van der Waals surface area contributed by atoms with Crippen molar-refractivity contribution in [2.45, 2.75) is 232 Å². The third-order valence-corrected chi connectivity index (χ3v) is 10.1. The minimum absolute atomic E-state index is 0.0121. The first-order valence-electron chi connectivity index (χ1n) is 20.7. The Morgan fingerprint density at radius 2 is 0.889 bits per heavy atom. The Bertz CT molecular complexity index is 664. The van der Waals surface area contributed by atoms with Gasteiger partial charge in [-0.1, -0.05) is 206 Å². The predicted molar refractivity (Wildman–Crippen MR) is 199 cm³/mol. The highest BCUT2D eigenvalue weighted by Crippen LogP contribution is 2.17. The van der Waals surface area contributed by atoms with Gasteiger partial charge in [-0.2, -0.15) is 0 Å². The molecule has 1 rings (SSSR count). The van der Waals surface area contributed by atoms with Crippen LogP contribution in [0.15, 0.2) is 4.99 Å². The van der Waals surface area contributed by atoms with Crippen LogP contribution in [0, 0.1) is 0 Å². The van der Waals surface area contributed by atoms with E-state index in [9.17, 15) is 9.90 Å². The van der Waals surface area contributed by atoms with E-state index in [1.165, 1.54) is 186 Å². The number of nitrogens with zero attached hydrogens (tertiary/aromatic N) is 2. The van der Waals surface area contributed by atoms with Crippen molar-refractivity contribution in [3.05, 3.63) is 0 Å². The topological polar surface area (TPSA) is 52.9 Å². The van der Waals surface area contributed by atoms with Gasteiger partial charge < -0.3 is 10.0 Å². The summed E-state index contributed by atoms with van der Waals surface area (Å²) in [7, 11) is 0. The molecule has 1 N–H and O–H groups in total. The average molecular weight is 633 g/mol. The molecule has 0 saturated carbocycles. The van der Waals surface area contributed by atoms with E-state index >= 15 is 0 Å². The normalized spacial score (nSPS) is 13.9. The molecule has 0 amide bonds. The minimum atomic E-state index is -0.802. The molecule has 0 saturated heterocycles. The molecule has 4 heteroatoms. The van der Waals surface area contributed by atoms with Crippen molar-refractivity contribution in [2.24, 2.45) is 4.99 Å². The van der Waals surface area contributed by atoms with E-state index in [4.69, 9.17) is 4.99 Å². The Kier molecular flexibility index (Phi) is 30.9. The fourth-order valence-electron chi connectivity index (χ4n) is 6.93. The molecule has 1 aliphatic heterocycles. The van der Waals surface area contributed by atoms with E-state index in [-0.39, 0.29) is 5.78 Å². The van der Waals surface area contributed by atoms with Crippen molar-refractivity contribution in [3.63, 3.8) is 0 Å². The van der Waals surface area contributed by atoms with Crippen LogP contribution in [0.25, 0.3) is 0 Å². The number of hydrogen-bond acceptors (Lipinski definition) is 4. The second kappa shape index (κ2) is 33.0. The Morgan fingerprint density at radius 3 is 1.27 bits per heavy atom. The number of hydrogen-bond donors (Lipinski definition) is 1. The molecule has 1 aliphatic rings. The first-order chi connectivity index (χ1) is 22.2. The van der Waals surface area contributed by atoms with Crippen LogP contribution in [-0.2, 0) is 4.79 Å². The molecule has 45 heavy (non-hydrogen) atoms. The van der Waals surface area contributed by atoms with Crippen molar-refractivity contribution in [1.82, 2.24) is 4.90 Å². The largest absolute Gasteiger partial charge is 0.385 e. The summed E-state index contributed by atoms with van der Waals surface area (Å²) in [6.45, 7) is 6.56. The van der Waals surface area contributed by atoms with E-state index in [1.807, 2.05) is 0 Å². The summed E-state index contributed by atoms with van der Waals surface area (Å²) in [5.41, 5.74) is 0. The van der Waals surface area contributed by atoms with Crippen LogP contribution in [0.5, 0.6) is 0 Å². The van der Waals surface area contributed by atoms with E-state index in [2.05, 4.69) is 18.7 Å². The summed E-state index contributed by atoms with van der Waals surface area (Å²) in [6.07, 6.45) is 43.0. The summed E-state index contributed by atoms with van der Waals surface area (Å²) in [5, 5.41) is 10.5. The quantitative estimate of drug-likeness (QED) is 0.0699. The van der Waals surface area contributed by atoms with Crippen molar-refractivity contribution < 1.29 is 9.90 Å². The zero-order valence-corrected chi connectivity index (χ0v) is 30.8. The standard InChI is InChI=1S/C41H80N2O2/c1-3-5-7-9-11-13-15-17-19-21-23-25-27-29-31-33-35-41-42-36-37-43(41)38-40(45)39(44)34-32-30-28-26-24-22-20-18-16-14-12-10-8-6-4-2/h39,44H,3-38H2,1-2H3. The van der Waals surface area contributed by atoms with E-state index < -0.39 is 6.10 Å². The maximum absolute atomic E-state index is 12.7. The summed E-state index contributed by atoms with van der Waals surface area (Å²) in [6, 6.07) is 0. The van der Waals surface area contributed by atoms with E-state index in [0.29, 0.717) is 13.0 Å². The number of Topliss-reactive ketones (excluding diaryl/α,β-unsaturated/α-hetero) is 1. The molecule has 0 radical (unpaired) electrons. The smallest absolute Gasteiger partial charge is 0.180 e. The lowest BCUT2D eigenvalue weighted by atomic mass is 10.0. The molecule has 0 spiro atoms. The average Bonchev–Trinajstić information content (AvgIpc) is 3.49. The van der Waals surface area contributed by atoms with Crippen LogP contribution in [0.3, 0.4) is 0 Å². The minimum Gasteiger partial charge on any atom is -0.385 e. The molecular weight excluding hydrogens is 552 g/mol. The van der Waals surface area contributed by atoms with E-state index in [1.54, 1.807) is 0 Å². The third kappa shape index (κ3) is 26.8. The van der Waals surface area contributed by atoms with E-state index in [0.717, 1.165) is 38.2 Å². The molecule has 4 nitrogen and oxygen atoms in total. The Hall–Kier alpha value is -0.900. The number of ketones is 1. The molecule has 0 fully saturated rings. The fraction of sp³-hybridized carbons (Fsp3) is 0.951. The highest BCUT2D eigenvalue weighted by atomic mass is 16.3. The van der Waals surface area contributed by atoms with Gasteiger partial charge in [0.15, 0.2) is 5.78 Å². The first-order valence-corrected chi connectivity index (χ1v) is 20.7. The highest BCUT2D eigenvalue weighted by molar-refractivity contribution is 5.91. The zero-order chi connectivity index (χ0) is 32.5. The van der Waals surface area contributed by atoms with Gasteiger partial charge in [0.2, 0.25) is 0 Å². The van der Waals surface area contributed by atoms with Crippen molar-refractivity contribution in [3.8, 4) is 0 Å². The predicted octanol–water partition coefficient (Wildman–Crippen LogP) is 12.5. The lowest BCUT2D eigenvalue weighted by molar-refractivity contribution is -0.127. The monoisotopic (exact) mass is 633 g/mol. The van der Waals surface area contributed by atoms with Crippen LogP contribution in [0.4, 0.5) is 0 Å². The van der Waals surface area contributed by atoms with Crippen LogP contribution >= 0.6 is 0 Å². The van der Waals surface area contributed by atoms with Crippen molar-refractivity contribution in [1.29, 1.82) is 0 Å². The summed E-state index contributed by atoms with van der Waals surface area (Å²) in [4.78, 5) is 19.5. The fourth-order valence-corrected chi connectivity index (χ4v) is 6.93. The number of carbonyl (C=O) groups is 1. The first kappa shape index (κ1) is 42.1. The second-order valence-electron chi connectivity index (χ2n) is 14.5. The van der Waals surface area contributed by atoms with Gasteiger partial charge >= 0.3 is 0 Å². The number of amidine groups is 1. The lowest BCUT2D eigenvalue weighted by Crippen LogP contribution is -2.37. The van der Waals surface area contributed by atoms with Crippen LogP contribution < -0.4 is 0 Å². The maximum Gasteiger partial charge on any atom is 0.180 e. The van der Waals surface area contributed by atoms with Gasteiger partial charge in [-0.05, 0) is 12.8 Å². The molecule has 0 aromatic heterocycles. The summed E-state index contributed by atoms with van der Waals surface area (Å²) < 4.78 is 0. The Balaban J connectivity index is 1.91. The Labute approximate surface area is 282 Å². The third-order valence-electron chi connectivity index (χ3n) is 10.1. The van der Waals surface area contributed by atoms with Gasteiger partial charge in [0.25, 0.3) is 0 Å². The molecular formula is C41H80N2O2. The molecule has 0 aliphatic carbocycles. The SMILES string of the molecule is CCCCCCCCCCCCCCCCCCC1=NCCN1CC(=O)C(O)CCCCCCCCCCCCCCCCC. The number of aliphatic hydroxyl groups is 1. The van der Waals surface area contributed by atoms with Gasteiger partial charge in [0, 0.05) is 13.0 Å². The molecule has 1 atom stereocenters. The van der Waals surface area contributed by atoms with Gasteiger partial charge in [0.05, 0.1) is 18.9 Å². The van der Waals surface area contributed by atoms with Crippen LogP contribution in [0.2, 0.25) is 0 Å². The maximum atomic E-state index is 12.7. The molecule has 1 unspecified atom stereocenters. The van der Waals surface area contributed by atoms with Gasteiger partial charge in [-0.3, -0.25) is 9.79 Å². The van der Waals surface area contributed by atoms with Gasteiger partial charge in [-0.15, -0.1) is 0 Å². The zero-order valence-electron chi connectivity index (χ0n) is 30.8. The molecule has 0 bridgehead atoms. The number of aliphatic imine (C=N–C) groups is 1. The number of unbranched alkanes of at least 4 members (excludes halogenated alkanes) is 29. The Morgan fingerprint density at radius 1 is 0.556 bits per heavy atom.